The molecule has 1 aromatic carbocycles. The lowest BCUT2D eigenvalue weighted by Gasteiger charge is -2.18. The molecule has 0 bridgehead atoms. The number of carbonyl (C=O) groups is 1. The van der Waals surface area contributed by atoms with E-state index in [1.807, 2.05) is 0 Å². The fourth-order valence-corrected chi connectivity index (χ4v) is 2.13. The number of carbonyl (C=O) groups excluding carboxylic acids is 1. The molecule has 1 aliphatic rings. The standard InChI is InChI=1S/C11H11ClFNO2/c12-8-2-1-3-9(13)11(8)14-5-7(6-15)4-10(14)16/h1-3,7,15H,4-6H2. The van der Waals surface area contributed by atoms with E-state index in [0.717, 1.165) is 0 Å². The number of benzene rings is 1. The van der Waals surface area contributed by atoms with Crippen molar-refractivity contribution in [3.8, 4) is 0 Å². The predicted molar refractivity (Wildman–Crippen MR) is 59.0 cm³/mol. The average Bonchev–Trinajstić information content (AvgIpc) is 2.60. The van der Waals surface area contributed by atoms with E-state index in [2.05, 4.69) is 0 Å². The van der Waals surface area contributed by atoms with Crippen LogP contribution in [0.4, 0.5) is 10.1 Å². The predicted octanol–water partition coefficient (Wildman–Crippen LogP) is 1.82. The van der Waals surface area contributed by atoms with Crippen molar-refractivity contribution in [2.24, 2.45) is 5.92 Å². The van der Waals surface area contributed by atoms with E-state index in [-0.39, 0.29) is 35.6 Å². The lowest BCUT2D eigenvalue weighted by atomic mass is 10.1. The van der Waals surface area contributed by atoms with Crippen molar-refractivity contribution in [2.45, 2.75) is 6.42 Å². The maximum atomic E-state index is 13.6. The number of hydrogen-bond donors (Lipinski definition) is 1. The third kappa shape index (κ3) is 1.90. The molecular formula is C11H11ClFNO2. The van der Waals surface area contributed by atoms with Gasteiger partial charge in [-0.2, -0.15) is 0 Å². The highest BCUT2D eigenvalue weighted by Crippen LogP contribution is 2.33. The fourth-order valence-electron chi connectivity index (χ4n) is 1.87. The van der Waals surface area contributed by atoms with Gasteiger partial charge in [0.05, 0.1) is 10.7 Å². The van der Waals surface area contributed by atoms with E-state index in [4.69, 9.17) is 16.7 Å². The molecule has 16 heavy (non-hydrogen) atoms. The molecule has 2 rings (SSSR count). The van der Waals surface area contributed by atoms with Crippen LogP contribution in [-0.2, 0) is 4.79 Å². The van der Waals surface area contributed by atoms with Crippen LogP contribution in [0, 0.1) is 11.7 Å². The molecule has 0 saturated carbocycles. The van der Waals surface area contributed by atoms with Crippen LogP contribution in [0.15, 0.2) is 18.2 Å². The van der Waals surface area contributed by atoms with Crippen molar-refractivity contribution in [1.82, 2.24) is 0 Å². The largest absolute Gasteiger partial charge is 0.396 e. The number of amides is 1. The molecule has 1 atom stereocenters. The van der Waals surface area contributed by atoms with Gasteiger partial charge in [0.15, 0.2) is 0 Å². The molecule has 1 unspecified atom stereocenters. The fraction of sp³-hybridized carbons (Fsp3) is 0.364. The molecule has 1 N–H and O–H groups in total. The highest BCUT2D eigenvalue weighted by molar-refractivity contribution is 6.33. The molecule has 1 fully saturated rings. The number of para-hydroxylation sites is 1. The highest BCUT2D eigenvalue weighted by Gasteiger charge is 2.32. The van der Waals surface area contributed by atoms with E-state index < -0.39 is 5.82 Å². The Morgan fingerprint density at radius 3 is 2.88 bits per heavy atom. The van der Waals surface area contributed by atoms with Crippen LogP contribution in [-0.4, -0.2) is 24.2 Å². The topological polar surface area (TPSA) is 40.5 Å². The Bertz CT molecular complexity index is 404. The van der Waals surface area contributed by atoms with E-state index in [1.165, 1.54) is 17.0 Å². The minimum Gasteiger partial charge on any atom is -0.396 e. The van der Waals surface area contributed by atoms with Gasteiger partial charge >= 0.3 is 0 Å². The van der Waals surface area contributed by atoms with Crippen molar-refractivity contribution in [3.05, 3.63) is 29.0 Å². The molecule has 0 aromatic heterocycles. The van der Waals surface area contributed by atoms with Gasteiger partial charge in [-0.3, -0.25) is 4.79 Å². The lowest BCUT2D eigenvalue weighted by Crippen LogP contribution is -2.26. The zero-order valence-electron chi connectivity index (χ0n) is 8.49. The zero-order valence-corrected chi connectivity index (χ0v) is 9.25. The summed E-state index contributed by atoms with van der Waals surface area (Å²) in [6.45, 7) is 0.240. The van der Waals surface area contributed by atoms with Gasteiger partial charge in [-0.25, -0.2) is 4.39 Å². The van der Waals surface area contributed by atoms with Gasteiger partial charge in [0.25, 0.3) is 0 Å². The minimum absolute atomic E-state index is 0.0751. The van der Waals surface area contributed by atoms with Gasteiger partial charge in [-0.15, -0.1) is 0 Å². The molecule has 0 spiro atoms. The monoisotopic (exact) mass is 243 g/mol. The quantitative estimate of drug-likeness (QED) is 0.861. The van der Waals surface area contributed by atoms with Crippen LogP contribution >= 0.6 is 11.6 Å². The van der Waals surface area contributed by atoms with E-state index >= 15 is 0 Å². The van der Waals surface area contributed by atoms with Gasteiger partial charge in [0, 0.05) is 25.5 Å². The summed E-state index contributed by atoms with van der Waals surface area (Å²) in [6.07, 6.45) is 0.237. The lowest BCUT2D eigenvalue weighted by molar-refractivity contribution is -0.117. The second-order valence-corrected chi connectivity index (χ2v) is 4.23. The summed E-state index contributed by atoms with van der Waals surface area (Å²) in [6, 6.07) is 4.30. The van der Waals surface area contributed by atoms with Gasteiger partial charge < -0.3 is 10.0 Å². The summed E-state index contributed by atoms with van der Waals surface area (Å²) in [5.41, 5.74) is 0.116. The van der Waals surface area contributed by atoms with Crippen molar-refractivity contribution in [2.75, 3.05) is 18.1 Å². The van der Waals surface area contributed by atoms with Crippen LogP contribution in [0.25, 0.3) is 0 Å². The minimum atomic E-state index is -0.514. The SMILES string of the molecule is O=C1CC(CO)CN1c1c(F)cccc1Cl. The summed E-state index contributed by atoms with van der Waals surface area (Å²) < 4.78 is 13.6. The third-order valence-corrected chi connectivity index (χ3v) is 2.98. The normalized spacial score (nSPS) is 20.6. The van der Waals surface area contributed by atoms with E-state index in [9.17, 15) is 9.18 Å². The van der Waals surface area contributed by atoms with Crippen LogP contribution in [0.1, 0.15) is 6.42 Å². The number of aliphatic hydroxyl groups is 1. The Hall–Kier alpha value is -1.13. The summed E-state index contributed by atoms with van der Waals surface area (Å²) in [7, 11) is 0. The average molecular weight is 244 g/mol. The summed E-state index contributed by atoms with van der Waals surface area (Å²) in [5, 5.41) is 9.20. The first kappa shape index (κ1) is 11.4. The number of halogens is 2. The zero-order chi connectivity index (χ0) is 11.7. The second-order valence-electron chi connectivity index (χ2n) is 3.83. The maximum absolute atomic E-state index is 13.6. The third-order valence-electron chi connectivity index (χ3n) is 2.67. The Balaban J connectivity index is 2.35. The van der Waals surface area contributed by atoms with Crippen molar-refractivity contribution < 1.29 is 14.3 Å². The van der Waals surface area contributed by atoms with Gasteiger partial charge in [-0.1, -0.05) is 17.7 Å². The van der Waals surface area contributed by atoms with Crippen LogP contribution in [0.3, 0.4) is 0 Å². The molecule has 3 nitrogen and oxygen atoms in total. The van der Waals surface area contributed by atoms with E-state index in [0.29, 0.717) is 6.54 Å². The molecule has 1 amide bonds. The highest BCUT2D eigenvalue weighted by atomic mass is 35.5. The van der Waals surface area contributed by atoms with Gasteiger partial charge in [-0.05, 0) is 12.1 Å². The van der Waals surface area contributed by atoms with Gasteiger partial charge in [0.2, 0.25) is 5.91 Å². The molecular weight excluding hydrogens is 233 g/mol. The molecule has 86 valence electrons. The molecule has 1 aromatic rings. The summed E-state index contributed by atoms with van der Waals surface area (Å²) >= 11 is 5.87. The summed E-state index contributed by atoms with van der Waals surface area (Å²) in [4.78, 5) is 12.9. The summed E-state index contributed by atoms with van der Waals surface area (Å²) in [5.74, 6) is -0.853. The van der Waals surface area contributed by atoms with Crippen LogP contribution in [0.2, 0.25) is 5.02 Å². The number of nitrogens with zero attached hydrogens (tertiary/aromatic N) is 1. The first-order valence-corrected chi connectivity index (χ1v) is 5.36. The Morgan fingerprint density at radius 2 is 2.31 bits per heavy atom. The molecule has 0 radical (unpaired) electrons. The van der Waals surface area contributed by atoms with Crippen LogP contribution in [0.5, 0.6) is 0 Å². The number of hydrogen-bond acceptors (Lipinski definition) is 2. The smallest absolute Gasteiger partial charge is 0.227 e. The molecule has 1 heterocycles. The van der Waals surface area contributed by atoms with Crippen molar-refractivity contribution in [1.29, 1.82) is 0 Å². The first-order valence-electron chi connectivity index (χ1n) is 4.98. The second kappa shape index (κ2) is 4.39. The van der Waals surface area contributed by atoms with Crippen LogP contribution < -0.4 is 4.90 Å². The molecule has 1 aliphatic heterocycles. The molecule has 1 saturated heterocycles. The Labute approximate surface area is 97.4 Å². The molecule has 0 aliphatic carbocycles. The first-order chi connectivity index (χ1) is 7.63. The Kier molecular flexibility index (Phi) is 3.12. The van der Waals surface area contributed by atoms with Crippen molar-refractivity contribution in [3.63, 3.8) is 0 Å². The van der Waals surface area contributed by atoms with Gasteiger partial charge in [0.1, 0.15) is 5.82 Å². The Morgan fingerprint density at radius 1 is 1.56 bits per heavy atom. The number of rotatable bonds is 2. The molecule has 5 heteroatoms. The maximum Gasteiger partial charge on any atom is 0.227 e. The van der Waals surface area contributed by atoms with E-state index in [1.54, 1.807) is 6.07 Å². The number of anilines is 1. The number of aliphatic hydroxyl groups excluding tert-OH is 1. The van der Waals surface area contributed by atoms with Crippen molar-refractivity contribution >= 4 is 23.2 Å².